The highest BCUT2D eigenvalue weighted by molar-refractivity contribution is 5.81. The number of non-ortho nitro benzene ring substituents is 1. The molecule has 0 aliphatic rings. The van der Waals surface area contributed by atoms with Gasteiger partial charge >= 0.3 is 12.1 Å². The van der Waals surface area contributed by atoms with Crippen molar-refractivity contribution in [1.29, 1.82) is 0 Å². The van der Waals surface area contributed by atoms with Crippen LogP contribution in [0.2, 0.25) is 0 Å². The lowest BCUT2D eigenvalue weighted by Crippen LogP contribution is -2.45. The van der Waals surface area contributed by atoms with Crippen LogP contribution in [0.4, 0.5) is 10.5 Å². The van der Waals surface area contributed by atoms with E-state index in [0.29, 0.717) is 11.5 Å². The van der Waals surface area contributed by atoms with Gasteiger partial charge in [0.15, 0.2) is 0 Å². The zero-order valence-corrected chi connectivity index (χ0v) is 17.2. The molecule has 0 saturated carbocycles. The number of ether oxygens (including phenoxy) is 3. The summed E-state index contributed by atoms with van der Waals surface area (Å²) < 4.78 is 15.6. The molecule has 1 amide bonds. The van der Waals surface area contributed by atoms with Gasteiger partial charge in [0.1, 0.15) is 23.1 Å². The van der Waals surface area contributed by atoms with Gasteiger partial charge in [-0.25, -0.2) is 9.59 Å². The molecule has 9 nitrogen and oxygen atoms in total. The van der Waals surface area contributed by atoms with Crippen molar-refractivity contribution in [2.75, 3.05) is 7.11 Å². The first-order valence-corrected chi connectivity index (χ1v) is 9.16. The molecular weight excluding hydrogens is 392 g/mol. The van der Waals surface area contributed by atoms with Gasteiger partial charge in [-0.3, -0.25) is 10.1 Å². The smallest absolute Gasteiger partial charge is 0.408 e. The van der Waals surface area contributed by atoms with Crippen LogP contribution in [-0.4, -0.2) is 35.7 Å². The highest BCUT2D eigenvalue weighted by Crippen LogP contribution is 2.24. The second-order valence-electron chi connectivity index (χ2n) is 7.42. The first-order valence-electron chi connectivity index (χ1n) is 9.16. The van der Waals surface area contributed by atoms with Crippen molar-refractivity contribution in [1.82, 2.24) is 5.32 Å². The van der Waals surface area contributed by atoms with Gasteiger partial charge in [0.25, 0.3) is 5.69 Å². The summed E-state index contributed by atoms with van der Waals surface area (Å²) in [5, 5.41) is 13.2. The van der Waals surface area contributed by atoms with Gasteiger partial charge in [-0.05, 0) is 50.6 Å². The van der Waals surface area contributed by atoms with E-state index in [1.54, 1.807) is 45.0 Å². The zero-order valence-electron chi connectivity index (χ0n) is 17.2. The Bertz CT molecular complexity index is 887. The van der Waals surface area contributed by atoms with Crippen LogP contribution in [0.3, 0.4) is 0 Å². The number of carbonyl (C=O) groups is 2. The number of nitrogens with zero attached hydrogens (tertiary/aromatic N) is 1. The first kappa shape index (κ1) is 22.7. The lowest BCUT2D eigenvalue weighted by Gasteiger charge is -2.22. The number of amides is 1. The molecule has 0 saturated heterocycles. The summed E-state index contributed by atoms with van der Waals surface area (Å²) in [6, 6.07) is 11.7. The Kier molecular flexibility index (Phi) is 7.35. The summed E-state index contributed by atoms with van der Waals surface area (Å²) >= 11 is 0. The van der Waals surface area contributed by atoms with Crippen molar-refractivity contribution in [3.63, 3.8) is 0 Å². The third kappa shape index (κ3) is 7.08. The summed E-state index contributed by atoms with van der Waals surface area (Å²) in [5.74, 6) is 0.377. The van der Waals surface area contributed by atoms with E-state index < -0.39 is 28.6 Å². The Morgan fingerprint density at radius 3 is 2.03 bits per heavy atom. The minimum absolute atomic E-state index is 0.0240. The van der Waals surface area contributed by atoms with Gasteiger partial charge in [-0.2, -0.15) is 0 Å². The number of hydrogen-bond acceptors (Lipinski definition) is 7. The van der Waals surface area contributed by atoms with Crippen molar-refractivity contribution in [3.8, 4) is 11.5 Å². The maximum Gasteiger partial charge on any atom is 0.408 e. The number of carbonyl (C=O) groups excluding carboxylic acids is 2. The number of rotatable bonds is 7. The van der Waals surface area contributed by atoms with Gasteiger partial charge in [-0.15, -0.1) is 0 Å². The molecule has 2 rings (SSSR count). The van der Waals surface area contributed by atoms with E-state index in [4.69, 9.17) is 14.2 Å². The van der Waals surface area contributed by atoms with Gasteiger partial charge in [-0.1, -0.05) is 12.1 Å². The van der Waals surface area contributed by atoms with Crippen LogP contribution in [-0.2, 0) is 20.7 Å². The largest absolute Gasteiger partial charge is 0.467 e. The molecule has 0 aromatic heterocycles. The highest BCUT2D eigenvalue weighted by Gasteiger charge is 2.25. The minimum atomic E-state index is -0.911. The van der Waals surface area contributed by atoms with E-state index in [9.17, 15) is 19.7 Å². The summed E-state index contributed by atoms with van der Waals surface area (Å²) in [4.78, 5) is 34.2. The van der Waals surface area contributed by atoms with Crippen molar-refractivity contribution in [2.45, 2.75) is 38.8 Å². The molecule has 2 aromatic rings. The normalized spacial score (nSPS) is 11.9. The van der Waals surface area contributed by atoms with Gasteiger partial charge in [0, 0.05) is 18.6 Å². The lowest BCUT2D eigenvalue weighted by atomic mass is 10.1. The molecule has 0 spiro atoms. The number of nitro groups is 1. The lowest BCUT2D eigenvalue weighted by molar-refractivity contribution is -0.384. The van der Waals surface area contributed by atoms with E-state index in [2.05, 4.69) is 5.32 Å². The van der Waals surface area contributed by atoms with E-state index in [1.807, 2.05) is 0 Å². The summed E-state index contributed by atoms with van der Waals surface area (Å²) in [7, 11) is 1.24. The number of alkyl carbamates (subject to hydrolysis) is 1. The molecule has 1 unspecified atom stereocenters. The fourth-order valence-corrected chi connectivity index (χ4v) is 2.49. The number of hydrogen-bond donors (Lipinski definition) is 1. The van der Waals surface area contributed by atoms with Crippen LogP contribution in [0.1, 0.15) is 26.3 Å². The Morgan fingerprint density at radius 2 is 1.57 bits per heavy atom. The second-order valence-corrected chi connectivity index (χ2v) is 7.42. The standard InChI is InChI=1S/C21H24N2O7/c1-21(2,3)30-20(25)22-18(19(24)28-4)13-14-5-9-16(10-6-14)29-17-11-7-15(8-12-17)23(26)27/h5-12,18H,13H2,1-4H3,(H,22,25). The van der Waals surface area contributed by atoms with Crippen molar-refractivity contribution in [3.05, 3.63) is 64.2 Å². The third-order valence-electron chi connectivity index (χ3n) is 3.82. The van der Waals surface area contributed by atoms with Crippen molar-refractivity contribution >= 4 is 17.7 Å². The van der Waals surface area contributed by atoms with E-state index in [-0.39, 0.29) is 12.1 Å². The third-order valence-corrected chi connectivity index (χ3v) is 3.82. The van der Waals surface area contributed by atoms with Crippen LogP contribution in [0.5, 0.6) is 11.5 Å². The van der Waals surface area contributed by atoms with Crippen LogP contribution in [0.25, 0.3) is 0 Å². The van der Waals surface area contributed by atoms with Crippen LogP contribution < -0.4 is 10.1 Å². The Hall–Kier alpha value is -3.62. The minimum Gasteiger partial charge on any atom is -0.467 e. The maximum atomic E-state index is 12.0. The van der Waals surface area contributed by atoms with Crippen molar-refractivity contribution < 1.29 is 28.7 Å². The molecule has 1 N–H and O–H groups in total. The molecule has 160 valence electrons. The number of benzene rings is 2. The molecule has 0 radical (unpaired) electrons. The molecule has 0 aliphatic heterocycles. The SMILES string of the molecule is COC(=O)C(Cc1ccc(Oc2ccc([N+](=O)[O-])cc2)cc1)NC(=O)OC(C)(C)C. The average Bonchev–Trinajstić information content (AvgIpc) is 2.67. The molecule has 0 aliphatic carbocycles. The Morgan fingerprint density at radius 1 is 1.03 bits per heavy atom. The summed E-state index contributed by atoms with van der Waals surface area (Å²) in [6.07, 6.45) is -0.514. The summed E-state index contributed by atoms with van der Waals surface area (Å²) in [6.45, 7) is 5.18. The van der Waals surface area contributed by atoms with E-state index in [0.717, 1.165) is 5.56 Å². The monoisotopic (exact) mass is 416 g/mol. The van der Waals surface area contributed by atoms with Crippen molar-refractivity contribution in [2.24, 2.45) is 0 Å². The van der Waals surface area contributed by atoms with E-state index >= 15 is 0 Å². The molecule has 30 heavy (non-hydrogen) atoms. The van der Waals surface area contributed by atoms with Crippen LogP contribution in [0.15, 0.2) is 48.5 Å². The Balaban J connectivity index is 2.02. The molecular formula is C21H24N2O7. The number of esters is 1. The molecule has 1 atom stereocenters. The first-order chi connectivity index (χ1) is 14.1. The number of methoxy groups -OCH3 is 1. The highest BCUT2D eigenvalue weighted by atomic mass is 16.6. The van der Waals surface area contributed by atoms with Gasteiger partial charge in [0.05, 0.1) is 12.0 Å². The quantitative estimate of drug-likeness (QED) is 0.412. The topological polar surface area (TPSA) is 117 Å². The zero-order chi connectivity index (χ0) is 22.3. The van der Waals surface area contributed by atoms with E-state index in [1.165, 1.54) is 31.4 Å². The fourth-order valence-electron chi connectivity index (χ4n) is 2.49. The van der Waals surface area contributed by atoms with Crippen LogP contribution in [0, 0.1) is 10.1 Å². The predicted octanol–water partition coefficient (Wildman–Crippen LogP) is 4.00. The molecule has 0 bridgehead atoms. The molecule has 0 fully saturated rings. The molecule has 2 aromatic carbocycles. The van der Waals surface area contributed by atoms with Gasteiger partial charge < -0.3 is 19.5 Å². The molecule has 0 heterocycles. The number of nitrogens with one attached hydrogen (secondary N) is 1. The number of nitro benzene ring substituents is 1. The van der Waals surface area contributed by atoms with Crippen LogP contribution >= 0.6 is 0 Å². The second kappa shape index (κ2) is 9.73. The Labute approximate surface area is 174 Å². The summed E-state index contributed by atoms with van der Waals surface area (Å²) in [5.41, 5.74) is 0.0447. The van der Waals surface area contributed by atoms with Gasteiger partial charge in [0.2, 0.25) is 0 Å². The predicted molar refractivity (Wildman–Crippen MR) is 108 cm³/mol. The fraction of sp³-hybridized carbons (Fsp3) is 0.333. The maximum absolute atomic E-state index is 12.0. The molecule has 9 heteroatoms. The average molecular weight is 416 g/mol.